The molecule has 6 aromatic heterocycles. The maximum absolute atomic E-state index is 4.66. The van der Waals surface area contributed by atoms with Crippen molar-refractivity contribution in [1.29, 1.82) is 0 Å². The average molecular weight is 476 g/mol. The van der Waals surface area contributed by atoms with Crippen molar-refractivity contribution in [2.45, 2.75) is 12.8 Å². The molecule has 0 bridgehead atoms. The molecule has 1 saturated carbocycles. The van der Waals surface area contributed by atoms with Crippen molar-refractivity contribution in [2.24, 2.45) is 5.92 Å². The van der Waals surface area contributed by atoms with Crippen molar-refractivity contribution < 1.29 is 0 Å². The molecule has 1 aliphatic carbocycles. The quantitative estimate of drug-likeness (QED) is 0.251. The minimum absolute atomic E-state index is 0.577. The molecule has 0 aliphatic heterocycles. The summed E-state index contributed by atoms with van der Waals surface area (Å²) in [4.78, 5) is 17.1. The van der Waals surface area contributed by atoms with Gasteiger partial charge in [0, 0.05) is 34.4 Å². The van der Waals surface area contributed by atoms with Crippen molar-refractivity contribution in [3.05, 3.63) is 78.2 Å². The first kappa shape index (κ1) is 20.1. The number of anilines is 1. The lowest BCUT2D eigenvalue weighted by molar-refractivity contribution is 1.02. The van der Waals surface area contributed by atoms with E-state index in [0.29, 0.717) is 5.92 Å². The van der Waals surface area contributed by atoms with Gasteiger partial charge < -0.3 is 10.3 Å². The first-order chi connectivity index (χ1) is 17.2. The lowest BCUT2D eigenvalue weighted by atomic mass is 10.1. The van der Waals surface area contributed by atoms with Crippen LogP contribution in [0.5, 0.6) is 0 Å². The molecule has 1 fully saturated rings. The minimum atomic E-state index is 0.577. The van der Waals surface area contributed by atoms with Crippen LogP contribution in [0.1, 0.15) is 12.8 Å². The molecule has 8 heteroatoms. The second-order valence-electron chi connectivity index (χ2n) is 8.89. The van der Waals surface area contributed by atoms with E-state index in [-0.39, 0.29) is 0 Å². The van der Waals surface area contributed by atoms with Crippen LogP contribution in [0.2, 0.25) is 0 Å². The number of fused-ring (bicyclic) bond motifs is 2. The summed E-state index contributed by atoms with van der Waals surface area (Å²) in [6.45, 7) is 4.16. The Balaban J connectivity index is 1.29. The van der Waals surface area contributed by atoms with E-state index in [1.807, 2.05) is 24.8 Å². The summed E-state index contributed by atoms with van der Waals surface area (Å²) in [7, 11) is 0. The maximum Gasteiger partial charge on any atom is 0.138 e. The molecule has 0 atom stereocenters. The molecule has 0 spiro atoms. The van der Waals surface area contributed by atoms with E-state index in [1.165, 1.54) is 18.4 Å². The molecule has 170 valence electrons. The first-order valence-electron chi connectivity index (χ1n) is 11.5. The topological polar surface area (TPSA) is 95.2 Å². The molecule has 35 heavy (non-hydrogen) atoms. The van der Waals surface area contributed by atoms with Gasteiger partial charge in [-0.1, -0.05) is 6.58 Å². The summed E-state index contributed by atoms with van der Waals surface area (Å²) >= 11 is 1.69. The van der Waals surface area contributed by atoms with Gasteiger partial charge in [-0.15, -0.1) is 0 Å². The zero-order valence-electron chi connectivity index (χ0n) is 18.7. The first-order valence-corrected chi connectivity index (χ1v) is 12.4. The largest absolute Gasteiger partial charge is 0.358 e. The second kappa shape index (κ2) is 7.89. The second-order valence-corrected chi connectivity index (χ2v) is 9.67. The van der Waals surface area contributed by atoms with Gasteiger partial charge in [0.1, 0.15) is 11.3 Å². The third kappa shape index (κ3) is 3.59. The van der Waals surface area contributed by atoms with E-state index < -0.39 is 0 Å². The number of rotatable bonds is 6. The Hall–Kier alpha value is -4.30. The Kier molecular flexibility index (Phi) is 4.53. The molecule has 6 aromatic rings. The van der Waals surface area contributed by atoms with Crippen molar-refractivity contribution in [2.75, 3.05) is 5.32 Å². The molecule has 0 unspecified atom stereocenters. The molecule has 0 saturated heterocycles. The van der Waals surface area contributed by atoms with Crippen LogP contribution < -0.4 is 5.32 Å². The lowest BCUT2D eigenvalue weighted by Gasteiger charge is -2.09. The fourth-order valence-corrected chi connectivity index (χ4v) is 5.13. The predicted octanol–water partition coefficient (Wildman–Crippen LogP) is 6.63. The number of hydrogen-bond acceptors (Lipinski definition) is 6. The Labute approximate surface area is 205 Å². The smallest absolute Gasteiger partial charge is 0.138 e. The van der Waals surface area contributed by atoms with Gasteiger partial charge in [0.2, 0.25) is 0 Å². The van der Waals surface area contributed by atoms with Crippen LogP contribution in [-0.2, 0) is 0 Å². The van der Waals surface area contributed by atoms with Crippen molar-refractivity contribution in [3.8, 4) is 33.8 Å². The third-order valence-electron chi connectivity index (χ3n) is 6.48. The molecule has 6 heterocycles. The van der Waals surface area contributed by atoms with E-state index in [2.05, 4.69) is 83.1 Å². The standard InChI is InChI=1S/C27H21N7S/c1-15(16-2-3-16)31-19-8-18(11-28-12-19)23-10-22-25(13-30-23)33-34-26(22)24-9-21-20(17-5-7-35-14-17)4-6-29-27(21)32-24/h4-14,16,31H,1-3H2,(H,29,32)(H,33,34). The van der Waals surface area contributed by atoms with Crippen molar-refractivity contribution in [3.63, 3.8) is 0 Å². The molecule has 7 rings (SSSR count). The third-order valence-corrected chi connectivity index (χ3v) is 7.16. The Morgan fingerprint density at radius 3 is 2.83 bits per heavy atom. The van der Waals surface area contributed by atoms with Gasteiger partial charge in [0.15, 0.2) is 0 Å². The van der Waals surface area contributed by atoms with Gasteiger partial charge >= 0.3 is 0 Å². The van der Waals surface area contributed by atoms with E-state index in [1.54, 1.807) is 11.3 Å². The number of allylic oxidation sites excluding steroid dienone is 1. The highest BCUT2D eigenvalue weighted by Crippen LogP contribution is 2.37. The van der Waals surface area contributed by atoms with Gasteiger partial charge in [-0.25, -0.2) is 4.98 Å². The van der Waals surface area contributed by atoms with Gasteiger partial charge in [-0.3, -0.25) is 15.1 Å². The zero-order chi connectivity index (χ0) is 23.4. The molecule has 0 amide bonds. The minimum Gasteiger partial charge on any atom is -0.358 e. The Bertz CT molecular complexity index is 1710. The van der Waals surface area contributed by atoms with Crippen LogP contribution >= 0.6 is 11.3 Å². The molecule has 0 radical (unpaired) electrons. The summed E-state index contributed by atoms with van der Waals surface area (Å²) in [6, 6.07) is 10.4. The lowest BCUT2D eigenvalue weighted by Crippen LogP contribution is -2.00. The number of nitrogens with one attached hydrogen (secondary N) is 3. The number of H-pyrrole nitrogens is 2. The number of thiophene rings is 1. The number of pyridine rings is 3. The summed E-state index contributed by atoms with van der Waals surface area (Å²) < 4.78 is 0. The van der Waals surface area contributed by atoms with Gasteiger partial charge in [-0.2, -0.15) is 16.4 Å². The highest BCUT2D eigenvalue weighted by Gasteiger charge is 2.24. The molecule has 7 nitrogen and oxygen atoms in total. The number of aromatic nitrogens is 6. The van der Waals surface area contributed by atoms with Crippen LogP contribution in [0, 0.1) is 5.92 Å². The van der Waals surface area contributed by atoms with Crippen LogP contribution in [-0.4, -0.2) is 30.1 Å². The number of aromatic amines is 2. The summed E-state index contributed by atoms with van der Waals surface area (Å²) in [5.74, 6) is 0.577. The van der Waals surface area contributed by atoms with Crippen molar-refractivity contribution >= 4 is 39.0 Å². The summed E-state index contributed by atoms with van der Waals surface area (Å²) in [5, 5.41) is 17.4. The summed E-state index contributed by atoms with van der Waals surface area (Å²) in [5.41, 5.74) is 9.56. The van der Waals surface area contributed by atoms with Crippen molar-refractivity contribution in [1.82, 2.24) is 30.1 Å². The maximum atomic E-state index is 4.66. The van der Waals surface area contributed by atoms with Gasteiger partial charge in [0.05, 0.1) is 35.0 Å². The molecular formula is C27H21N7S. The average Bonchev–Trinajstić information content (AvgIpc) is 3.26. The number of nitrogens with zero attached hydrogens (tertiary/aromatic N) is 4. The Morgan fingerprint density at radius 2 is 1.97 bits per heavy atom. The fraction of sp³-hybridized carbons (Fsp3) is 0.111. The molecule has 3 N–H and O–H groups in total. The molecule has 0 aromatic carbocycles. The van der Waals surface area contributed by atoms with Crippen LogP contribution in [0.25, 0.3) is 55.7 Å². The number of hydrogen-bond donors (Lipinski definition) is 3. The summed E-state index contributed by atoms with van der Waals surface area (Å²) in [6.07, 6.45) is 9.73. The fourth-order valence-electron chi connectivity index (χ4n) is 4.47. The van der Waals surface area contributed by atoms with Gasteiger partial charge in [0.25, 0.3) is 0 Å². The SMILES string of the molecule is C=C(Nc1cncc(-c2cc3c(-c4cc5c(-c6ccsc6)ccnc5[nH]4)n[nH]c3cn2)c1)C1CC1. The van der Waals surface area contributed by atoms with E-state index >= 15 is 0 Å². The zero-order valence-corrected chi connectivity index (χ0v) is 19.6. The molecular weight excluding hydrogens is 454 g/mol. The van der Waals surface area contributed by atoms with Crippen LogP contribution in [0.15, 0.2) is 78.2 Å². The normalized spacial score (nSPS) is 13.5. The van der Waals surface area contributed by atoms with Crippen LogP contribution in [0.3, 0.4) is 0 Å². The van der Waals surface area contributed by atoms with E-state index in [4.69, 9.17) is 0 Å². The monoisotopic (exact) mass is 475 g/mol. The molecule has 1 aliphatic rings. The van der Waals surface area contributed by atoms with E-state index in [0.717, 1.165) is 61.5 Å². The van der Waals surface area contributed by atoms with E-state index in [9.17, 15) is 0 Å². The van der Waals surface area contributed by atoms with Gasteiger partial charge in [-0.05, 0) is 71.0 Å². The predicted molar refractivity (Wildman–Crippen MR) is 141 cm³/mol. The Morgan fingerprint density at radius 1 is 1.03 bits per heavy atom. The highest BCUT2D eigenvalue weighted by atomic mass is 32.1. The van der Waals surface area contributed by atoms with Crippen LogP contribution in [0.4, 0.5) is 5.69 Å². The highest BCUT2D eigenvalue weighted by molar-refractivity contribution is 7.08.